The summed E-state index contributed by atoms with van der Waals surface area (Å²) in [7, 11) is -4.09. The highest BCUT2D eigenvalue weighted by atomic mass is 35.5. The molecule has 1 heterocycles. The summed E-state index contributed by atoms with van der Waals surface area (Å²) >= 11 is 6.33. The van der Waals surface area contributed by atoms with E-state index in [1.54, 1.807) is 6.07 Å². The van der Waals surface area contributed by atoms with Crippen molar-refractivity contribution in [2.45, 2.75) is 61.1 Å². The zero-order chi connectivity index (χ0) is 30.2. The highest BCUT2D eigenvalue weighted by Gasteiger charge is 2.35. The summed E-state index contributed by atoms with van der Waals surface area (Å²) < 4.78 is 86.2. The maximum atomic E-state index is 15.0. The van der Waals surface area contributed by atoms with Gasteiger partial charge in [-0.25, -0.2) is 22.8 Å². The molecule has 1 aliphatic rings. The van der Waals surface area contributed by atoms with Crippen molar-refractivity contribution in [3.63, 3.8) is 0 Å². The molecule has 3 aromatic rings. The third-order valence-electron chi connectivity index (χ3n) is 6.52. The van der Waals surface area contributed by atoms with Crippen molar-refractivity contribution in [2.24, 2.45) is 0 Å². The van der Waals surface area contributed by atoms with E-state index in [4.69, 9.17) is 26.2 Å². The van der Waals surface area contributed by atoms with Gasteiger partial charge in [-0.15, -0.1) is 0 Å². The Balaban J connectivity index is 0.00000147. The van der Waals surface area contributed by atoms with Gasteiger partial charge in [0.05, 0.1) is 22.0 Å². The van der Waals surface area contributed by atoms with Gasteiger partial charge in [0.25, 0.3) is 6.47 Å². The van der Waals surface area contributed by atoms with Gasteiger partial charge < -0.3 is 15.2 Å². The second-order valence-corrected chi connectivity index (χ2v) is 11.6. The van der Waals surface area contributed by atoms with Crippen LogP contribution in [0.25, 0.3) is 0 Å². The summed E-state index contributed by atoms with van der Waals surface area (Å²) in [6, 6.07) is 8.49. The fourth-order valence-corrected chi connectivity index (χ4v) is 6.35. The van der Waals surface area contributed by atoms with Crippen molar-refractivity contribution < 1.29 is 40.6 Å². The van der Waals surface area contributed by atoms with Crippen LogP contribution in [0.2, 0.25) is 5.02 Å². The lowest BCUT2D eigenvalue weighted by atomic mass is 9.79. The van der Waals surface area contributed by atoms with Crippen molar-refractivity contribution in [3.05, 3.63) is 82.6 Å². The Labute approximate surface area is 239 Å². The molecular weight excluding hydrogens is 590 g/mol. The molecule has 1 aliphatic carbocycles. The van der Waals surface area contributed by atoms with Crippen molar-refractivity contribution in [2.75, 3.05) is 6.54 Å². The van der Waals surface area contributed by atoms with Crippen LogP contribution in [0.15, 0.2) is 59.9 Å². The first-order valence-electron chi connectivity index (χ1n) is 12.5. The smallest absolute Gasteiger partial charge is 0.416 e. The lowest BCUT2D eigenvalue weighted by molar-refractivity contribution is -0.137. The van der Waals surface area contributed by atoms with Gasteiger partial charge in [0.1, 0.15) is 28.9 Å². The first kappa shape index (κ1) is 32.2. The van der Waals surface area contributed by atoms with E-state index < -0.39 is 44.1 Å². The Morgan fingerprint density at radius 2 is 1.93 bits per heavy atom. The van der Waals surface area contributed by atoms with Crippen LogP contribution in [0.3, 0.4) is 0 Å². The molecule has 222 valence electrons. The number of aromatic nitrogens is 2. The van der Waals surface area contributed by atoms with Gasteiger partial charge in [0.2, 0.25) is 0 Å². The molecular formula is C27H28ClF4N3O5S. The summed E-state index contributed by atoms with van der Waals surface area (Å²) in [5, 5.41) is 10.1. The first-order chi connectivity index (χ1) is 19.4. The monoisotopic (exact) mass is 617 g/mol. The summed E-state index contributed by atoms with van der Waals surface area (Å²) in [6.07, 6.45) is -0.743. The number of carboxylic acid groups (broad SMARTS) is 1. The van der Waals surface area contributed by atoms with Crippen LogP contribution in [-0.2, 0) is 26.6 Å². The highest BCUT2D eigenvalue weighted by Crippen LogP contribution is 2.39. The van der Waals surface area contributed by atoms with Crippen molar-refractivity contribution in [1.29, 1.82) is 0 Å². The number of hydrogen-bond acceptors (Lipinski definition) is 7. The van der Waals surface area contributed by atoms with Crippen LogP contribution in [0.5, 0.6) is 5.75 Å². The van der Waals surface area contributed by atoms with E-state index in [1.165, 1.54) is 30.7 Å². The Bertz CT molecular complexity index is 1430. The molecule has 1 saturated carbocycles. The molecule has 1 aromatic heterocycles. The van der Waals surface area contributed by atoms with Crippen molar-refractivity contribution >= 4 is 27.9 Å². The Morgan fingerprint density at radius 3 is 2.56 bits per heavy atom. The summed E-state index contributed by atoms with van der Waals surface area (Å²) in [5.41, 5.74) is 0.121. The molecule has 0 saturated heterocycles. The molecule has 41 heavy (non-hydrogen) atoms. The van der Waals surface area contributed by atoms with Crippen molar-refractivity contribution in [3.8, 4) is 5.75 Å². The highest BCUT2D eigenvalue weighted by molar-refractivity contribution is 7.90. The molecule has 14 heteroatoms. The fourth-order valence-electron chi connectivity index (χ4n) is 4.71. The molecule has 0 bridgehead atoms. The minimum absolute atomic E-state index is 0.00410. The first-order valence-corrected chi connectivity index (χ1v) is 14.5. The van der Waals surface area contributed by atoms with Crippen LogP contribution in [-0.4, -0.2) is 48.7 Å². The molecule has 0 radical (unpaired) electrons. The summed E-state index contributed by atoms with van der Waals surface area (Å²) in [5.74, 6) is -1.65. The number of alkyl halides is 3. The van der Waals surface area contributed by atoms with Crippen LogP contribution in [0, 0.1) is 5.82 Å². The van der Waals surface area contributed by atoms with Gasteiger partial charge in [-0.2, -0.15) is 13.2 Å². The van der Waals surface area contributed by atoms with E-state index in [2.05, 4.69) is 15.3 Å². The number of rotatable bonds is 8. The van der Waals surface area contributed by atoms with Gasteiger partial charge in [-0.3, -0.25) is 4.79 Å². The molecule has 2 aromatic carbocycles. The fraction of sp³-hybridized carbons (Fsp3) is 0.370. The predicted octanol–water partition coefficient (Wildman–Crippen LogP) is 5.66. The SMILES string of the molecule is CCN[C@H]1C[C@@H](c2cccc(C(F)(F)F)c2)CC[C@@H]1Oc1cc(F)c(S(=O)(=O)Cc2ccncn2)cc1Cl.O=CO. The Morgan fingerprint density at radius 1 is 1.20 bits per heavy atom. The normalized spacial score (nSPS) is 19.1. The van der Waals surface area contributed by atoms with Gasteiger partial charge in [0, 0.05) is 18.3 Å². The predicted molar refractivity (Wildman–Crippen MR) is 143 cm³/mol. The van der Waals surface area contributed by atoms with E-state index >= 15 is 0 Å². The van der Waals surface area contributed by atoms with Gasteiger partial charge in [0.15, 0.2) is 9.84 Å². The summed E-state index contributed by atoms with van der Waals surface area (Å²) in [6.45, 7) is 2.23. The molecule has 0 aliphatic heterocycles. The van der Waals surface area contributed by atoms with E-state index in [1.807, 2.05) is 6.92 Å². The number of nitrogens with zero attached hydrogens (tertiary/aromatic N) is 2. The number of halogens is 5. The minimum Gasteiger partial charge on any atom is -0.487 e. The molecule has 0 spiro atoms. The average molecular weight is 618 g/mol. The molecule has 8 nitrogen and oxygen atoms in total. The maximum absolute atomic E-state index is 15.0. The van der Waals surface area contributed by atoms with Crippen LogP contribution >= 0.6 is 11.6 Å². The number of nitrogens with one attached hydrogen (secondary N) is 1. The molecule has 2 N–H and O–H groups in total. The van der Waals surface area contributed by atoms with Crippen molar-refractivity contribution in [1.82, 2.24) is 15.3 Å². The number of likely N-dealkylation sites (N-methyl/N-ethyl adjacent to an activating group) is 1. The minimum atomic E-state index is -4.42. The summed E-state index contributed by atoms with van der Waals surface area (Å²) in [4.78, 5) is 15.4. The molecule has 4 rings (SSSR count). The zero-order valence-electron chi connectivity index (χ0n) is 21.8. The van der Waals surface area contributed by atoms with E-state index in [0.717, 1.165) is 18.2 Å². The molecule has 3 atom stereocenters. The lowest BCUT2D eigenvalue weighted by Gasteiger charge is -2.37. The third kappa shape index (κ3) is 8.60. The molecule has 1 fully saturated rings. The van der Waals surface area contributed by atoms with Crippen LogP contribution < -0.4 is 10.1 Å². The van der Waals surface area contributed by atoms with E-state index in [-0.39, 0.29) is 34.9 Å². The number of carbonyl (C=O) groups is 1. The molecule has 0 amide bonds. The van der Waals surface area contributed by atoms with Gasteiger partial charge in [-0.1, -0.05) is 36.7 Å². The third-order valence-corrected chi connectivity index (χ3v) is 8.47. The topological polar surface area (TPSA) is 118 Å². The second-order valence-electron chi connectivity index (χ2n) is 9.23. The number of ether oxygens (including phenoxy) is 1. The molecule has 0 unspecified atom stereocenters. The van der Waals surface area contributed by atoms with E-state index in [9.17, 15) is 26.0 Å². The largest absolute Gasteiger partial charge is 0.487 e. The quantitative estimate of drug-likeness (QED) is 0.246. The number of hydrogen-bond donors (Lipinski definition) is 2. The number of sulfone groups is 1. The van der Waals surface area contributed by atoms with Crippen LogP contribution in [0.1, 0.15) is 48.9 Å². The van der Waals surface area contributed by atoms with Gasteiger partial charge in [-0.05, 0) is 55.5 Å². The van der Waals surface area contributed by atoms with Gasteiger partial charge >= 0.3 is 6.18 Å². The standard InChI is InChI=1S/C26H26ClF4N3O3S.CH2O2/c1-2-33-22-11-17(16-4-3-5-18(10-16)26(29,30)31)6-7-23(22)37-24-13-21(28)25(12-20(24)27)38(35,36)14-19-8-9-32-15-34-19;2-1-3/h3-5,8-10,12-13,15,17,22-23,33H,2,6-7,11,14H2,1H3;1H,(H,2,3)/t17-,22-,23-;/m0./s1. The lowest BCUT2D eigenvalue weighted by Crippen LogP contribution is -2.46. The second kappa shape index (κ2) is 14.1. The van der Waals surface area contributed by atoms with Crippen LogP contribution in [0.4, 0.5) is 17.6 Å². The zero-order valence-corrected chi connectivity index (χ0v) is 23.4. The van der Waals surface area contributed by atoms with E-state index in [0.29, 0.717) is 31.4 Å². The maximum Gasteiger partial charge on any atom is 0.416 e. The average Bonchev–Trinajstić information content (AvgIpc) is 2.92. The Kier molecular flexibility index (Phi) is 11.0. The number of benzene rings is 2. The Hall–Kier alpha value is -3.29.